The van der Waals surface area contributed by atoms with Crippen LogP contribution in [-0.2, 0) is 11.3 Å². The van der Waals surface area contributed by atoms with Crippen LogP contribution in [-0.4, -0.2) is 27.5 Å². The molecule has 0 spiro atoms. The number of rotatable bonds is 5. The van der Waals surface area contributed by atoms with Crippen molar-refractivity contribution in [3.05, 3.63) is 35.9 Å². The third-order valence-electron chi connectivity index (χ3n) is 2.12. The Hall–Kier alpha value is -0.710. The van der Waals surface area contributed by atoms with E-state index in [2.05, 4.69) is 15.9 Å². The lowest BCUT2D eigenvalue weighted by Gasteiger charge is -2.27. The lowest BCUT2D eigenvalue weighted by Crippen LogP contribution is -2.38. The minimum atomic E-state index is -0.667. The van der Waals surface area contributed by atoms with Gasteiger partial charge in [0.25, 0.3) is 0 Å². The second kappa shape index (κ2) is 6.00. The Labute approximate surface area is 97.8 Å². The zero-order chi connectivity index (χ0) is 11.3. The third kappa shape index (κ3) is 3.74. The second-order valence-electron chi connectivity index (χ2n) is 3.30. The third-order valence-corrected chi connectivity index (χ3v) is 2.86. The average Bonchev–Trinajstić information content (AvgIpc) is 2.26. The van der Waals surface area contributed by atoms with Crippen molar-refractivity contribution in [3.63, 3.8) is 0 Å². The fourth-order valence-electron chi connectivity index (χ4n) is 1.30. The van der Waals surface area contributed by atoms with Crippen molar-refractivity contribution in [2.75, 3.05) is 0 Å². The number of aliphatic hydroxyl groups is 1. The molecule has 1 N–H and O–H groups in total. The van der Waals surface area contributed by atoms with Crippen molar-refractivity contribution in [2.24, 2.45) is 0 Å². The van der Waals surface area contributed by atoms with E-state index in [4.69, 9.17) is 0 Å². The molecule has 2 atom stereocenters. The van der Waals surface area contributed by atoms with Crippen LogP contribution >= 0.6 is 15.9 Å². The van der Waals surface area contributed by atoms with Crippen molar-refractivity contribution >= 4 is 22.2 Å². The van der Waals surface area contributed by atoms with E-state index in [1.807, 2.05) is 30.3 Å². The lowest BCUT2D eigenvalue weighted by atomic mass is 10.2. The van der Waals surface area contributed by atoms with Gasteiger partial charge in [0.1, 0.15) is 17.5 Å². The highest BCUT2D eigenvalue weighted by Crippen LogP contribution is 2.13. The SMILES string of the molecule is CC(O)N(Cc1ccccc1)C(Br)C=O. The van der Waals surface area contributed by atoms with Crippen LogP contribution in [0.2, 0.25) is 0 Å². The Bertz CT molecular complexity index is 303. The predicted octanol–water partition coefficient (Wildman–Crippen LogP) is 1.75. The molecule has 4 heteroatoms. The van der Waals surface area contributed by atoms with Gasteiger partial charge in [-0.3, -0.25) is 4.90 Å². The number of aliphatic hydroxyl groups excluding tert-OH is 1. The Kier molecular flexibility index (Phi) is 4.94. The summed E-state index contributed by atoms with van der Waals surface area (Å²) < 4.78 is 0. The molecule has 0 aliphatic heterocycles. The van der Waals surface area contributed by atoms with Gasteiger partial charge in [-0.25, -0.2) is 0 Å². The van der Waals surface area contributed by atoms with Gasteiger partial charge < -0.3 is 9.90 Å². The Morgan fingerprint density at radius 1 is 1.47 bits per heavy atom. The summed E-state index contributed by atoms with van der Waals surface area (Å²) in [4.78, 5) is 11.8. The van der Waals surface area contributed by atoms with Crippen LogP contribution in [0.3, 0.4) is 0 Å². The topological polar surface area (TPSA) is 40.5 Å². The molecule has 0 fully saturated rings. The van der Waals surface area contributed by atoms with Crippen LogP contribution in [0.15, 0.2) is 30.3 Å². The van der Waals surface area contributed by atoms with E-state index in [9.17, 15) is 9.90 Å². The van der Waals surface area contributed by atoms with E-state index in [-0.39, 0.29) is 0 Å². The van der Waals surface area contributed by atoms with Crippen molar-refractivity contribution in [1.82, 2.24) is 4.90 Å². The average molecular weight is 272 g/mol. The van der Waals surface area contributed by atoms with Crippen molar-refractivity contribution < 1.29 is 9.90 Å². The number of aldehydes is 1. The molecule has 2 unspecified atom stereocenters. The minimum Gasteiger partial charge on any atom is -0.379 e. The lowest BCUT2D eigenvalue weighted by molar-refractivity contribution is -0.113. The highest BCUT2D eigenvalue weighted by atomic mass is 79.9. The molecular formula is C11H14BrNO2. The van der Waals surface area contributed by atoms with Gasteiger partial charge in [0.05, 0.1) is 0 Å². The molecule has 0 aliphatic carbocycles. The number of alkyl halides is 1. The number of hydrogen-bond acceptors (Lipinski definition) is 3. The summed E-state index contributed by atoms with van der Waals surface area (Å²) in [5, 5.41) is 9.51. The number of carbonyl (C=O) groups is 1. The van der Waals surface area contributed by atoms with E-state index >= 15 is 0 Å². The fourth-order valence-corrected chi connectivity index (χ4v) is 1.78. The molecule has 3 nitrogen and oxygen atoms in total. The first kappa shape index (κ1) is 12.4. The molecule has 0 amide bonds. The summed E-state index contributed by atoms with van der Waals surface area (Å²) >= 11 is 3.20. The van der Waals surface area contributed by atoms with Gasteiger partial charge in [0.2, 0.25) is 0 Å². The molecule has 0 heterocycles. The van der Waals surface area contributed by atoms with Gasteiger partial charge in [-0.2, -0.15) is 0 Å². The van der Waals surface area contributed by atoms with Crippen molar-refractivity contribution in [3.8, 4) is 0 Å². The standard InChI is InChI=1S/C11H14BrNO2/c1-9(15)13(11(12)8-14)7-10-5-3-2-4-6-10/h2-6,8-9,11,15H,7H2,1H3. The summed E-state index contributed by atoms with van der Waals surface area (Å²) in [7, 11) is 0. The smallest absolute Gasteiger partial charge is 0.148 e. The van der Waals surface area contributed by atoms with Crippen LogP contribution < -0.4 is 0 Å². The maximum absolute atomic E-state index is 10.6. The summed E-state index contributed by atoms with van der Waals surface area (Å²) in [6.07, 6.45) is 0.0927. The van der Waals surface area contributed by atoms with Gasteiger partial charge in [-0.1, -0.05) is 46.3 Å². The fraction of sp³-hybridized carbons (Fsp3) is 0.364. The normalized spacial score (nSPS) is 14.9. The molecule has 0 aliphatic rings. The zero-order valence-electron chi connectivity index (χ0n) is 8.51. The van der Waals surface area contributed by atoms with Gasteiger partial charge in [0.15, 0.2) is 0 Å². The van der Waals surface area contributed by atoms with Gasteiger partial charge in [0, 0.05) is 6.54 Å². The van der Waals surface area contributed by atoms with E-state index < -0.39 is 11.2 Å². The molecule has 1 aromatic rings. The Balaban J connectivity index is 2.71. The van der Waals surface area contributed by atoms with Crippen LogP contribution in [0.25, 0.3) is 0 Å². The monoisotopic (exact) mass is 271 g/mol. The molecule has 0 radical (unpaired) electrons. The summed E-state index contributed by atoms with van der Waals surface area (Å²) in [5.74, 6) is 0. The van der Waals surface area contributed by atoms with Crippen LogP contribution in [0.5, 0.6) is 0 Å². The number of benzene rings is 1. The summed E-state index contributed by atoms with van der Waals surface area (Å²) in [6, 6.07) is 9.71. The molecule has 0 aromatic heterocycles. The molecule has 1 aromatic carbocycles. The Morgan fingerprint density at radius 2 is 2.07 bits per heavy atom. The van der Waals surface area contributed by atoms with Crippen molar-refractivity contribution in [1.29, 1.82) is 0 Å². The highest BCUT2D eigenvalue weighted by Gasteiger charge is 2.19. The number of halogens is 1. The molecule has 0 saturated heterocycles. The van der Waals surface area contributed by atoms with Crippen LogP contribution in [0.1, 0.15) is 12.5 Å². The predicted molar refractivity (Wildman–Crippen MR) is 62.4 cm³/mol. The number of carbonyl (C=O) groups excluding carboxylic acids is 1. The largest absolute Gasteiger partial charge is 0.379 e. The first-order valence-electron chi connectivity index (χ1n) is 4.72. The van der Waals surface area contributed by atoms with E-state index in [0.29, 0.717) is 6.54 Å². The maximum atomic E-state index is 10.6. The zero-order valence-corrected chi connectivity index (χ0v) is 10.1. The first-order valence-corrected chi connectivity index (χ1v) is 5.64. The van der Waals surface area contributed by atoms with Gasteiger partial charge in [-0.05, 0) is 12.5 Å². The summed E-state index contributed by atoms with van der Waals surface area (Å²) in [6.45, 7) is 2.17. The quantitative estimate of drug-likeness (QED) is 0.384. The Morgan fingerprint density at radius 3 is 2.53 bits per heavy atom. The number of nitrogens with zero attached hydrogens (tertiary/aromatic N) is 1. The van der Waals surface area contributed by atoms with Crippen molar-refractivity contribution in [2.45, 2.75) is 24.6 Å². The van der Waals surface area contributed by atoms with Crippen LogP contribution in [0.4, 0.5) is 0 Å². The van der Waals surface area contributed by atoms with Gasteiger partial charge >= 0.3 is 0 Å². The molecular weight excluding hydrogens is 258 g/mol. The highest BCUT2D eigenvalue weighted by molar-refractivity contribution is 9.09. The second-order valence-corrected chi connectivity index (χ2v) is 4.24. The molecule has 0 bridgehead atoms. The first-order chi connectivity index (χ1) is 7.15. The maximum Gasteiger partial charge on any atom is 0.148 e. The molecule has 1 rings (SSSR count). The summed E-state index contributed by atoms with van der Waals surface area (Å²) in [5.41, 5.74) is 1.06. The van der Waals surface area contributed by atoms with E-state index in [1.165, 1.54) is 0 Å². The minimum absolute atomic E-state index is 0.460. The number of hydrogen-bond donors (Lipinski definition) is 1. The van der Waals surface area contributed by atoms with E-state index in [1.54, 1.807) is 11.8 Å². The molecule has 15 heavy (non-hydrogen) atoms. The van der Waals surface area contributed by atoms with Crippen LogP contribution in [0, 0.1) is 0 Å². The molecule has 0 saturated carbocycles. The van der Waals surface area contributed by atoms with Gasteiger partial charge in [-0.15, -0.1) is 0 Å². The van der Waals surface area contributed by atoms with E-state index in [0.717, 1.165) is 11.8 Å². The molecule has 82 valence electrons.